The molecule has 4 nitrogen and oxygen atoms in total. The van der Waals surface area contributed by atoms with Crippen LogP contribution in [0.2, 0.25) is 5.02 Å². The van der Waals surface area contributed by atoms with Crippen LogP contribution in [0.3, 0.4) is 0 Å². The van der Waals surface area contributed by atoms with Crippen LogP contribution in [0.1, 0.15) is 41.9 Å². The van der Waals surface area contributed by atoms with Crippen molar-refractivity contribution in [2.75, 3.05) is 0 Å². The maximum atomic E-state index is 11.2. The second kappa shape index (κ2) is 4.45. The molecule has 1 aromatic rings. The number of amides is 1. The SMILES string of the molecule is CC1=NC(C)CCc2ncc(C(N)=O)c(Cl)c21. The number of pyridine rings is 1. The highest BCUT2D eigenvalue weighted by molar-refractivity contribution is 6.37. The van der Waals surface area contributed by atoms with E-state index in [2.05, 4.69) is 16.9 Å². The molecule has 1 amide bonds. The Kier molecular flexibility index (Phi) is 3.15. The summed E-state index contributed by atoms with van der Waals surface area (Å²) in [5, 5.41) is 0.373. The summed E-state index contributed by atoms with van der Waals surface area (Å²) in [4.78, 5) is 20.0. The van der Waals surface area contributed by atoms with E-state index in [1.807, 2.05) is 6.92 Å². The molecule has 0 saturated heterocycles. The third-order valence-corrected chi connectivity index (χ3v) is 3.33. The van der Waals surface area contributed by atoms with Crippen LogP contribution in [0.5, 0.6) is 0 Å². The van der Waals surface area contributed by atoms with Crippen molar-refractivity contribution >= 4 is 23.2 Å². The van der Waals surface area contributed by atoms with Gasteiger partial charge < -0.3 is 5.73 Å². The minimum atomic E-state index is -0.560. The summed E-state index contributed by atoms with van der Waals surface area (Å²) in [6, 6.07) is 0.247. The van der Waals surface area contributed by atoms with Crippen molar-refractivity contribution in [3.63, 3.8) is 0 Å². The Hall–Kier alpha value is -1.42. The van der Waals surface area contributed by atoms with Gasteiger partial charge in [-0.05, 0) is 26.7 Å². The van der Waals surface area contributed by atoms with E-state index in [9.17, 15) is 4.79 Å². The quantitative estimate of drug-likeness (QED) is 0.829. The van der Waals surface area contributed by atoms with Crippen LogP contribution in [-0.2, 0) is 6.42 Å². The first-order valence-electron chi connectivity index (χ1n) is 5.52. The number of aryl methyl sites for hydroxylation is 1. The summed E-state index contributed by atoms with van der Waals surface area (Å²) in [7, 11) is 0. The number of rotatable bonds is 1. The number of hydrogen-bond donors (Lipinski definition) is 1. The molecule has 2 heterocycles. The highest BCUT2D eigenvalue weighted by Crippen LogP contribution is 2.27. The number of aromatic nitrogens is 1. The summed E-state index contributed by atoms with van der Waals surface area (Å²) < 4.78 is 0. The number of nitrogens with two attached hydrogens (primary N) is 1. The Balaban J connectivity index is 2.64. The van der Waals surface area contributed by atoms with Crippen molar-refractivity contribution in [3.8, 4) is 0 Å². The molecule has 1 atom stereocenters. The monoisotopic (exact) mass is 251 g/mol. The molecule has 0 spiro atoms. The molecule has 0 aliphatic carbocycles. The fraction of sp³-hybridized carbons (Fsp3) is 0.417. The average Bonchev–Trinajstić information content (AvgIpc) is 2.38. The van der Waals surface area contributed by atoms with Gasteiger partial charge in [-0.25, -0.2) is 0 Å². The molecule has 0 radical (unpaired) electrons. The van der Waals surface area contributed by atoms with E-state index in [0.717, 1.165) is 29.8 Å². The average molecular weight is 252 g/mol. The van der Waals surface area contributed by atoms with Gasteiger partial charge in [-0.2, -0.15) is 0 Å². The third-order valence-electron chi connectivity index (χ3n) is 2.93. The third kappa shape index (κ3) is 2.17. The molecule has 2 rings (SSSR count). The molecule has 0 aromatic carbocycles. The second-order valence-corrected chi connectivity index (χ2v) is 4.65. The first-order chi connectivity index (χ1) is 8.00. The number of halogens is 1. The fourth-order valence-corrected chi connectivity index (χ4v) is 2.45. The maximum absolute atomic E-state index is 11.2. The Morgan fingerprint density at radius 3 is 2.94 bits per heavy atom. The molecule has 2 N–H and O–H groups in total. The first-order valence-corrected chi connectivity index (χ1v) is 5.90. The van der Waals surface area contributed by atoms with Crippen molar-refractivity contribution in [2.24, 2.45) is 10.7 Å². The van der Waals surface area contributed by atoms with Crippen LogP contribution >= 0.6 is 11.6 Å². The number of nitrogens with zero attached hydrogens (tertiary/aromatic N) is 2. The number of primary amides is 1. The summed E-state index contributed by atoms with van der Waals surface area (Å²) in [6.45, 7) is 3.94. The Labute approximate surface area is 105 Å². The highest BCUT2D eigenvalue weighted by atomic mass is 35.5. The van der Waals surface area contributed by atoms with Gasteiger partial charge >= 0.3 is 0 Å². The lowest BCUT2D eigenvalue weighted by Crippen LogP contribution is -2.15. The Bertz CT molecular complexity index is 511. The number of carbonyl (C=O) groups is 1. The topological polar surface area (TPSA) is 68.3 Å². The highest BCUT2D eigenvalue weighted by Gasteiger charge is 2.21. The van der Waals surface area contributed by atoms with Crippen molar-refractivity contribution in [3.05, 3.63) is 28.0 Å². The van der Waals surface area contributed by atoms with E-state index in [0.29, 0.717) is 5.02 Å². The van der Waals surface area contributed by atoms with E-state index in [1.165, 1.54) is 6.20 Å². The van der Waals surface area contributed by atoms with Gasteiger partial charge in [0.25, 0.3) is 5.91 Å². The fourth-order valence-electron chi connectivity index (χ4n) is 2.06. The number of carbonyl (C=O) groups excluding carboxylic acids is 1. The van der Waals surface area contributed by atoms with Gasteiger partial charge in [0.2, 0.25) is 0 Å². The molecule has 1 aromatic heterocycles. The van der Waals surface area contributed by atoms with E-state index >= 15 is 0 Å². The standard InChI is InChI=1S/C12H14ClN3O/c1-6-3-4-9-10(7(2)16-6)11(13)8(5-15-9)12(14)17/h5-6H,3-4H2,1-2H3,(H2,14,17). The number of fused-ring (bicyclic) bond motifs is 1. The lowest BCUT2D eigenvalue weighted by molar-refractivity contribution is 0.1000. The van der Waals surface area contributed by atoms with Gasteiger partial charge in [0.05, 0.1) is 16.3 Å². The predicted octanol–water partition coefficient (Wildman–Crippen LogP) is 1.98. The zero-order chi connectivity index (χ0) is 12.6. The van der Waals surface area contributed by atoms with E-state index in [1.54, 1.807) is 0 Å². The zero-order valence-electron chi connectivity index (χ0n) is 9.83. The van der Waals surface area contributed by atoms with Crippen molar-refractivity contribution in [2.45, 2.75) is 32.7 Å². The molecule has 5 heteroatoms. The molecule has 0 fully saturated rings. The summed E-state index contributed by atoms with van der Waals surface area (Å²) in [5.41, 5.74) is 8.00. The summed E-state index contributed by atoms with van der Waals surface area (Å²) in [6.07, 6.45) is 3.20. The van der Waals surface area contributed by atoms with Crippen molar-refractivity contribution < 1.29 is 4.79 Å². The molecule has 1 unspecified atom stereocenters. The van der Waals surface area contributed by atoms with Crippen molar-refractivity contribution in [1.82, 2.24) is 4.98 Å². The molecular formula is C12H14ClN3O. The lowest BCUT2D eigenvalue weighted by Gasteiger charge is -2.09. The van der Waals surface area contributed by atoms with Crippen LogP contribution in [0.15, 0.2) is 11.2 Å². The Morgan fingerprint density at radius 1 is 1.59 bits per heavy atom. The minimum absolute atomic E-state index is 0.247. The summed E-state index contributed by atoms with van der Waals surface area (Å²) >= 11 is 6.22. The van der Waals surface area contributed by atoms with E-state index in [-0.39, 0.29) is 11.6 Å². The predicted molar refractivity (Wildman–Crippen MR) is 67.8 cm³/mol. The summed E-state index contributed by atoms with van der Waals surface area (Å²) in [5.74, 6) is -0.560. The van der Waals surface area contributed by atoms with Crippen LogP contribution in [-0.4, -0.2) is 22.6 Å². The molecule has 1 aliphatic rings. The van der Waals surface area contributed by atoms with Gasteiger partial charge in [0, 0.05) is 23.5 Å². The minimum Gasteiger partial charge on any atom is -0.366 e. The van der Waals surface area contributed by atoms with Gasteiger partial charge in [-0.15, -0.1) is 0 Å². The van der Waals surface area contributed by atoms with Gasteiger partial charge in [-0.1, -0.05) is 11.6 Å². The molecule has 90 valence electrons. The zero-order valence-corrected chi connectivity index (χ0v) is 10.6. The first kappa shape index (κ1) is 12.0. The van der Waals surface area contributed by atoms with Crippen LogP contribution in [0, 0.1) is 0 Å². The molecule has 0 bridgehead atoms. The maximum Gasteiger partial charge on any atom is 0.251 e. The molecule has 0 saturated carbocycles. The van der Waals surface area contributed by atoms with Crippen molar-refractivity contribution in [1.29, 1.82) is 0 Å². The lowest BCUT2D eigenvalue weighted by atomic mass is 10.0. The largest absolute Gasteiger partial charge is 0.366 e. The van der Waals surface area contributed by atoms with E-state index in [4.69, 9.17) is 17.3 Å². The molecule has 1 aliphatic heterocycles. The van der Waals surface area contributed by atoms with Crippen LogP contribution in [0.4, 0.5) is 0 Å². The van der Waals surface area contributed by atoms with Crippen LogP contribution < -0.4 is 5.73 Å². The van der Waals surface area contributed by atoms with Gasteiger partial charge in [0.15, 0.2) is 0 Å². The Morgan fingerprint density at radius 2 is 2.29 bits per heavy atom. The van der Waals surface area contributed by atoms with Gasteiger partial charge in [0.1, 0.15) is 0 Å². The van der Waals surface area contributed by atoms with E-state index < -0.39 is 5.91 Å². The number of aliphatic imine (C=N–C) groups is 1. The molecular weight excluding hydrogens is 238 g/mol. The second-order valence-electron chi connectivity index (χ2n) is 4.27. The smallest absolute Gasteiger partial charge is 0.251 e. The van der Waals surface area contributed by atoms with Gasteiger partial charge in [-0.3, -0.25) is 14.8 Å². The normalized spacial score (nSPS) is 19.2. The van der Waals surface area contributed by atoms with Crippen LogP contribution in [0.25, 0.3) is 0 Å². The molecule has 17 heavy (non-hydrogen) atoms. The number of hydrogen-bond acceptors (Lipinski definition) is 3.